The molecular formula is C13H22N2. The first kappa shape index (κ1) is 12.1. The summed E-state index contributed by atoms with van der Waals surface area (Å²) in [6.45, 7) is 2.00. The first-order chi connectivity index (χ1) is 7.20. The van der Waals surface area contributed by atoms with E-state index in [1.54, 1.807) is 0 Å². The predicted molar refractivity (Wildman–Crippen MR) is 66.7 cm³/mol. The molecule has 2 rings (SSSR count). The largest absolute Gasteiger partial charge is 0.399 e. The average molecular weight is 206 g/mol. The van der Waals surface area contributed by atoms with Crippen molar-refractivity contribution < 1.29 is 0 Å². The third-order valence-corrected chi connectivity index (χ3v) is 2.84. The number of hydrogen-bond donors (Lipinski definition) is 2. The maximum Gasteiger partial charge on any atom is 0.0343 e. The van der Waals surface area contributed by atoms with E-state index in [0.717, 1.165) is 11.3 Å². The maximum atomic E-state index is 5.63. The number of benzene rings is 1. The lowest BCUT2D eigenvalue weighted by molar-refractivity contribution is 0.441. The quantitative estimate of drug-likeness (QED) is 0.641. The van der Waals surface area contributed by atoms with Gasteiger partial charge in [0.25, 0.3) is 0 Å². The summed E-state index contributed by atoms with van der Waals surface area (Å²) in [5, 5.41) is 0. The lowest BCUT2D eigenvalue weighted by Gasteiger charge is -2.15. The molecule has 1 aliphatic carbocycles. The molecular weight excluding hydrogens is 184 g/mol. The molecule has 1 fully saturated rings. The molecule has 0 radical (unpaired) electrons. The topological polar surface area (TPSA) is 52.0 Å². The van der Waals surface area contributed by atoms with Crippen LogP contribution in [0.15, 0.2) is 24.3 Å². The van der Waals surface area contributed by atoms with Crippen molar-refractivity contribution >= 4 is 5.69 Å². The second-order valence-corrected chi connectivity index (χ2v) is 4.25. The average Bonchev–Trinajstić information content (AvgIpc) is 2.25. The van der Waals surface area contributed by atoms with Crippen LogP contribution in [0.5, 0.6) is 0 Å². The van der Waals surface area contributed by atoms with Crippen molar-refractivity contribution in [1.29, 1.82) is 0 Å². The second kappa shape index (κ2) is 6.46. The molecule has 84 valence electrons. The number of nitrogens with two attached hydrogens (primary N) is 2. The van der Waals surface area contributed by atoms with Crippen molar-refractivity contribution in [2.75, 3.05) is 5.73 Å². The minimum atomic E-state index is 0.536. The molecule has 1 aromatic rings. The number of rotatable bonds is 0. The van der Waals surface area contributed by atoms with Crippen molar-refractivity contribution in [3.8, 4) is 0 Å². The maximum absolute atomic E-state index is 5.63. The van der Waals surface area contributed by atoms with Crippen LogP contribution >= 0.6 is 0 Å². The number of anilines is 1. The number of aryl methyl sites for hydroxylation is 1. The van der Waals surface area contributed by atoms with Crippen LogP contribution in [-0.2, 0) is 0 Å². The normalized spacial score (nSPS) is 16.7. The minimum absolute atomic E-state index is 0.536. The molecule has 1 aromatic carbocycles. The summed E-state index contributed by atoms with van der Waals surface area (Å²) in [5.74, 6) is 0. The Labute approximate surface area is 92.7 Å². The Balaban J connectivity index is 0.000000151. The van der Waals surface area contributed by atoms with Gasteiger partial charge in [-0.05, 0) is 31.4 Å². The van der Waals surface area contributed by atoms with Gasteiger partial charge in [-0.1, -0.05) is 37.5 Å². The van der Waals surface area contributed by atoms with Crippen LogP contribution in [0.3, 0.4) is 0 Å². The zero-order chi connectivity index (χ0) is 11.1. The second-order valence-electron chi connectivity index (χ2n) is 4.25. The van der Waals surface area contributed by atoms with E-state index in [-0.39, 0.29) is 0 Å². The molecule has 0 amide bonds. The predicted octanol–water partition coefficient (Wildman–Crippen LogP) is 2.86. The molecule has 1 aliphatic rings. The van der Waals surface area contributed by atoms with E-state index < -0.39 is 0 Å². The smallest absolute Gasteiger partial charge is 0.0343 e. The van der Waals surface area contributed by atoms with Gasteiger partial charge in [-0.3, -0.25) is 0 Å². The SMILES string of the molecule is Cc1ccccc1N.NC1CCCCC1. The van der Waals surface area contributed by atoms with Crippen molar-refractivity contribution in [1.82, 2.24) is 0 Å². The van der Waals surface area contributed by atoms with Crippen LogP contribution in [0.1, 0.15) is 37.7 Å². The molecule has 15 heavy (non-hydrogen) atoms. The van der Waals surface area contributed by atoms with E-state index in [1.165, 1.54) is 32.1 Å². The molecule has 1 saturated carbocycles. The molecule has 0 aromatic heterocycles. The van der Waals surface area contributed by atoms with E-state index in [9.17, 15) is 0 Å². The lowest BCUT2D eigenvalue weighted by atomic mass is 9.97. The van der Waals surface area contributed by atoms with Crippen LogP contribution in [0.2, 0.25) is 0 Å². The fourth-order valence-electron chi connectivity index (χ4n) is 1.72. The van der Waals surface area contributed by atoms with Crippen molar-refractivity contribution in [2.24, 2.45) is 5.73 Å². The van der Waals surface area contributed by atoms with Gasteiger partial charge in [0.05, 0.1) is 0 Å². The highest BCUT2D eigenvalue weighted by Crippen LogP contribution is 2.14. The highest BCUT2D eigenvalue weighted by Gasteiger charge is 2.06. The minimum Gasteiger partial charge on any atom is -0.399 e. The van der Waals surface area contributed by atoms with Gasteiger partial charge in [0, 0.05) is 11.7 Å². The van der Waals surface area contributed by atoms with E-state index in [0.29, 0.717) is 6.04 Å². The Kier molecular flexibility index (Phi) is 5.19. The Morgan fingerprint density at radius 3 is 2.00 bits per heavy atom. The number of nitrogen functional groups attached to an aromatic ring is 1. The van der Waals surface area contributed by atoms with E-state index in [1.807, 2.05) is 31.2 Å². The van der Waals surface area contributed by atoms with Crippen LogP contribution < -0.4 is 11.5 Å². The van der Waals surface area contributed by atoms with Crippen molar-refractivity contribution in [2.45, 2.75) is 45.1 Å². The van der Waals surface area contributed by atoms with Gasteiger partial charge in [0.2, 0.25) is 0 Å². The molecule has 0 heterocycles. The molecule has 0 saturated heterocycles. The van der Waals surface area contributed by atoms with Gasteiger partial charge >= 0.3 is 0 Å². The molecule has 0 atom stereocenters. The van der Waals surface area contributed by atoms with Crippen LogP contribution in [0.4, 0.5) is 5.69 Å². The van der Waals surface area contributed by atoms with E-state index in [4.69, 9.17) is 11.5 Å². The fraction of sp³-hybridized carbons (Fsp3) is 0.538. The third kappa shape index (κ3) is 4.84. The number of hydrogen-bond acceptors (Lipinski definition) is 2. The summed E-state index contributed by atoms with van der Waals surface area (Å²) in [5.41, 5.74) is 13.2. The Morgan fingerprint density at radius 2 is 1.67 bits per heavy atom. The molecule has 4 N–H and O–H groups in total. The summed E-state index contributed by atoms with van der Waals surface area (Å²) in [4.78, 5) is 0. The van der Waals surface area contributed by atoms with Crippen molar-refractivity contribution in [3.05, 3.63) is 29.8 Å². The van der Waals surface area contributed by atoms with Crippen LogP contribution in [0.25, 0.3) is 0 Å². The molecule has 0 aliphatic heterocycles. The van der Waals surface area contributed by atoms with Gasteiger partial charge in [0.1, 0.15) is 0 Å². The number of para-hydroxylation sites is 1. The first-order valence-corrected chi connectivity index (χ1v) is 5.77. The summed E-state index contributed by atoms with van der Waals surface area (Å²) in [7, 11) is 0. The fourth-order valence-corrected chi connectivity index (χ4v) is 1.72. The van der Waals surface area contributed by atoms with E-state index >= 15 is 0 Å². The molecule has 0 bridgehead atoms. The van der Waals surface area contributed by atoms with Gasteiger partial charge in [-0.25, -0.2) is 0 Å². The van der Waals surface area contributed by atoms with Crippen LogP contribution in [0, 0.1) is 6.92 Å². The standard InChI is InChI=1S/C7H9N.C6H13N/c1-6-4-2-3-5-7(6)8;7-6-4-2-1-3-5-6/h2-5H,8H2,1H3;6H,1-5,7H2. The lowest BCUT2D eigenvalue weighted by Crippen LogP contribution is -2.22. The first-order valence-electron chi connectivity index (χ1n) is 5.77. The zero-order valence-electron chi connectivity index (χ0n) is 9.58. The highest BCUT2D eigenvalue weighted by atomic mass is 14.6. The van der Waals surface area contributed by atoms with Gasteiger partial charge in [0.15, 0.2) is 0 Å². The zero-order valence-corrected chi connectivity index (χ0v) is 9.58. The van der Waals surface area contributed by atoms with Gasteiger partial charge < -0.3 is 11.5 Å². The monoisotopic (exact) mass is 206 g/mol. The summed E-state index contributed by atoms with van der Waals surface area (Å²) < 4.78 is 0. The summed E-state index contributed by atoms with van der Waals surface area (Å²) in [6.07, 6.45) is 6.66. The molecule has 2 heteroatoms. The van der Waals surface area contributed by atoms with Gasteiger partial charge in [-0.15, -0.1) is 0 Å². The van der Waals surface area contributed by atoms with E-state index in [2.05, 4.69) is 0 Å². The third-order valence-electron chi connectivity index (χ3n) is 2.84. The Bertz CT molecular complexity index is 257. The summed E-state index contributed by atoms with van der Waals surface area (Å²) >= 11 is 0. The summed E-state index contributed by atoms with van der Waals surface area (Å²) in [6, 6.07) is 8.34. The van der Waals surface area contributed by atoms with Crippen LogP contribution in [-0.4, -0.2) is 6.04 Å². The molecule has 0 unspecified atom stereocenters. The molecule has 2 nitrogen and oxygen atoms in total. The van der Waals surface area contributed by atoms with Crippen molar-refractivity contribution in [3.63, 3.8) is 0 Å². The van der Waals surface area contributed by atoms with Gasteiger partial charge in [-0.2, -0.15) is 0 Å². The Hall–Kier alpha value is -1.02. The Morgan fingerprint density at radius 1 is 1.07 bits per heavy atom. The highest BCUT2D eigenvalue weighted by molar-refractivity contribution is 5.44. The molecule has 0 spiro atoms.